The van der Waals surface area contributed by atoms with Gasteiger partial charge in [-0.3, -0.25) is 0 Å². The third-order valence-electron chi connectivity index (χ3n) is 6.04. The molecule has 0 unspecified atom stereocenters. The van der Waals surface area contributed by atoms with Gasteiger partial charge in [0.05, 0.1) is 13.8 Å². The molecule has 0 aromatic heterocycles. The molecule has 1 saturated heterocycles. The van der Waals surface area contributed by atoms with Crippen molar-refractivity contribution in [2.75, 3.05) is 37.9 Å². The number of esters is 2. The predicted octanol–water partition coefficient (Wildman–Crippen LogP) is 7.45. The molecule has 0 spiro atoms. The van der Waals surface area contributed by atoms with Crippen LogP contribution in [-0.2, 0) is 19.0 Å². The molecule has 0 amide bonds. The Labute approximate surface area is 275 Å². The first kappa shape index (κ1) is 33.7. The lowest BCUT2D eigenvalue weighted by atomic mass is 9.83. The molecule has 1 N–H and O–H groups in total. The van der Waals surface area contributed by atoms with E-state index in [2.05, 4.69) is 54.8 Å². The van der Waals surface area contributed by atoms with Crippen molar-refractivity contribution in [1.82, 2.24) is 0 Å². The van der Waals surface area contributed by atoms with E-state index in [1.807, 2.05) is 58.2 Å². The highest BCUT2D eigenvalue weighted by Gasteiger charge is 2.31. The van der Waals surface area contributed by atoms with Crippen LogP contribution in [0.15, 0.2) is 35.4 Å². The number of carbonyl (C=O) groups excluding carboxylic acids is 2. The van der Waals surface area contributed by atoms with Crippen LogP contribution in [0.5, 0.6) is 5.75 Å². The van der Waals surface area contributed by atoms with E-state index in [1.54, 1.807) is 22.6 Å². The molecule has 41 heavy (non-hydrogen) atoms. The molecule has 3 rings (SSSR count). The Balaban J connectivity index is 1.34. The minimum Gasteiger partial charge on any atom is -0.506 e. The smallest absolute Gasteiger partial charge is 0.342 e. The summed E-state index contributed by atoms with van der Waals surface area (Å²) in [5, 5.41) is 13.8. The van der Waals surface area contributed by atoms with Gasteiger partial charge in [0.25, 0.3) is 0 Å². The molecule has 1 heterocycles. The summed E-state index contributed by atoms with van der Waals surface area (Å²) in [6, 6.07) is 9.61. The van der Waals surface area contributed by atoms with Crippen molar-refractivity contribution in [3.05, 3.63) is 64.6 Å². The molecule has 2 aromatic carbocycles. The lowest BCUT2D eigenvalue weighted by Gasteiger charge is -2.36. The third-order valence-corrected chi connectivity index (χ3v) is 11.0. The summed E-state index contributed by atoms with van der Waals surface area (Å²) in [6.07, 6.45) is 0. The van der Waals surface area contributed by atoms with Gasteiger partial charge in [0, 0.05) is 14.0 Å². The zero-order valence-electron chi connectivity index (χ0n) is 22.7. The second kappa shape index (κ2) is 16.1. The number of carbonyl (C=O) groups is 2. The molecule has 0 aliphatic carbocycles. The van der Waals surface area contributed by atoms with Gasteiger partial charge in [0.2, 0.25) is 0 Å². The van der Waals surface area contributed by atoms with Gasteiger partial charge < -0.3 is 19.3 Å². The molecule has 13 heteroatoms. The van der Waals surface area contributed by atoms with Crippen LogP contribution < -0.4 is 0 Å². The number of nitrogens with zero attached hydrogens (tertiary/aromatic N) is 3. The summed E-state index contributed by atoms with van der Waals surface area (Å²) in [5.41, 5.74) is 11.3. The second-order valence-electron chi connectivity index (χ2n) is 9.94. The SMILES string of the molecule is CC(C)(C)C1CSC(c2ccc(C#CCOCC(=O)OCCOC(=O)c3cc(I)c(N=[N+]=[N-])c(I)c3O)cc2)SC1. The minimum absolute atomic E-state index is 0.0662. The quantitative estimate of drug-likeness (QED) is 0.0526. The fourth-order valence-corrected chi connectivity index (χ4v) is 9.19. The molecule has 0 saturated carbocycles. The zero-order valence-corrected chi connectivity index (χ0v) is 28.6. The maximum atomic E-state index is 12.3. The maximum Gasteiger partial charge on any atom is 0.342 e. The van der Waals surface area contributed by atoms with E-state index in [0.717, 1.165) is 11.5 Å². The lowest BCUT2D eigenvalue weighted by molar-refractivity contribution is -0.149. The van der Waals surface area contributed by atoms with Crippen LogP contribution in [-0.4, -0.2) is 55.0 Å². The van der Waals surface area contributed by atoms with Crippen LogP contribution in [0, 0.1) is 30.3 Å². The van der Waals surface area contributed by atoms with Gasteiger partial charge in [-0.05, 0) is 97.3 Å². The van der Waals surface area contributed by atoms with Crippen LogP contribution in [0.2, 0.25) is 0 Å². The number of hydrogen-bond donors (Lipinski definition) is 1. The van der Waals surface area contributed by atoms with Gasteiger partial charge in [0.1, 0.15) is 37.7 Å². The first-order valence-corrected chi connectivity index (χ1v) is 16.7. The number of phenolic OH excluding ortho intramolecular Hbond substituents is 1. The second-order valence-corrected chi connectivity index (χ2v) is 14.8. The van der Waals surface area contributed by atoms with Crippen molar-refractivity contribution < 1.29 is 28.9 Å². The summed E-state index contributed by atoms with van der Waals surface area (Å²) in [6.45, 7) is 6.33. The number of hydrogen-bond acceptors (Lipinski definition) is 9. The number of benzene rings is 2. The standard InChI is InChI=1S/C28H29I2N3O6S2/c1-28(2,3)19-15-40-27(41-16-19)18-8-6-17(7-9-18)5-4-10-37-14-22(34)38-11-12-39-26(36)20-13-21(29)24(32-33-31)23(30)25(20)35/h6-9,13,19,27,35H,10-12,14-16H2,1-3H3. The highest BCUT2D eigenvalue weighted by Crippen LogP contribution is 2.49. The van der Waals surface area contributed by atoms with Gasteiger partial charge in [-0.15, -0.1) is 23.5 Å². The van der Waals surface area contributed by atoms with Crippen LogP contribution in [0.3, 0.4) is 0 Å². The van der Waals surface area contributed by atoms with E-state index in [1.165, 1.54) is 23.1 Å². The topological polar surface area (TPSA) is 131 Å². The van der Waals surface area contributed by atoms with E-state index in [0.29, 0.717) is 13.6 Å². The van der Waals surface area contributed by atoms with Crippen molar-refractivity contribution in [2.45, 2.75) is 25.4 Å². The molecular weight excluding hydrogens is 792 g/mol. The van der Waals surface area contributed by atoms with Crippen molar-refractivity contribution in [2.24, 2.45) is 16.4 Å². The first-order valence-electron chi connectivity index (χ1n) is 12.5. The van der Waals surface area contributed by atoms with E-state index in [-0.39, 0.29) is 47.0 Å². The fraction of sp³-hybridized carbons (Fsp3) is 0.429. The molecular formula is C28H29I2N3O6S2. The number of halogens is 2. The van der Waals surface area contributed by atoms with E-state index >= 15 is 0 Å². The number of ether oxygens (including phenoxy) is 3. The molecule has 1 fully saturated rings. The average Bonchev–Trinajstić information content (AvgIpc) is 2.95. The Bertz CT molecular complexity index is 1360. The first-order chi connectivity index (χ1) is 19.5. The number of rotatable bonds is 9. The number of azide groups is 1. The molecule has 0 atom stereocenters. The predicted molar refractivity (Wildman–Crippen MR) is 178 cm³/mol. The zero-order chi connectivity index (χ0) is 30.0. The highest BCUT2D eigenvalue weighted by atomic mass is 127. The summed E-state index contributed by atoms with van der Waals surface area (Å²) in [4.78, 5) is 26.9. The molecule has 0 radical (unpaired) electrons. The normalized spacial score (nSPS) is 16.6. The third kappa shape index (κ3) is 10.1. The van der Waals surface area contributed by atoms with Crippen LogP contribution in [0.4, 0.5) is 5.69 Å². The number of phenols is 1. The van der Waals surface area contributed by atoms with Gasteiger partial charge in [-0.1, -0.05) is 49.9 Å². The molecule has 0 bridgehead atoms. The summed E-state index contributed by atoms with van der Waals surface area (Å²) in [5.74, 6) is 7.23. The van der Waals surface area contributed by atoms with Crippen molar-refractivity contribution in [1.29, 1.82) is 0 Å². The van der Waals surface area contributed by atoms with Crippen LogP contribution in [0.1, 0.15) is 46.8 Å². The maximum absolute atomic E-state index is 12.3. The van der Waals surface area contributed by atoms with Crippen LogP contribution >= 0.6 is 68.7 Å². The molecule has 2 aromatic rings. The molecule has 1 aliphatic heterocycles. The van der Waals surface area contributed by atoms with E-state index in [9.17, 15) is 14.7 Å². The van der Waals surface area contributed by atoms with Crippen LogP contribution in [0.25, 0.3) is 10.4 Å². The summed E-state index contributed by atoms with van der Waals surface area (Å²) in [7, 11) is 0. The van der Waals surface area contributed by atoms with Crippen molar-refractivity contribution in [3.63, 3.8) is 0 Å². The van der Waals surface area contributed by atoms with Crippen molar-refractivity contribution in [3.8, 4) is 17.6 Å². The van der Waals surface area contributed by atoms with Gasteiger partial charge in [0.15, 0.2) is 0 Å². The number of aromatic hydroxyl groups is 1. The average molecular weight is 821 g/mol. The largest absolute Gasteiger partial charge is 0.506 e. The molecule has 1 aliphatic rings. The Hall–Kier alpha value is -1.83. The molecule has 218 valence electrons. The Morgan fingerprint density at radius 2 is 1.80 bits per heavy atom. The number of thioether (sulfide) groups is 2. The monoisotopic (exact) mass is 821 g/mol. The molecule has 9 nitrogen and oxygen atoms in total. The Morgan fingerprint density at radius 3 is 2.44 bits per heavy atom. The van der Waals surface area contributed by atoms with Gasteiger partial charge >= 0.3 is 11.9 Å². The van der Waals surface area contributed by atoms with Gasteiger partial charge in [-0.25, -0.2) is 9.59 Å². The van der Waals surface area contributed by atoms with Gasteiger partial charge in [-0.2, -0.15) is 0 Å². The van der Waals surface area contributed by atoms with E-state index in [4.69, 9.17) is 19.7 Å². The fourth-order valence-electron chi connectivity index (χ4n) is 3.54. The van der Waals surface area contributed by atoms with Crippen molar-refractivity contribution >= 4 is 86.3 Å². The summed E-state index contributed by atoms with van der Waals surface area (Å²) < 4.78 is 16.5. The highest BCUT2D eigenvalue weighted by molar-refractivity contribution is 14.1. The Kier molecular flexibility index (Phi) is 13.3. The minimum atomic E-state index is -0.799. The lowest BCUT2D eigenvalue weighted by Crippen LogP contribution is -2.27. The summed E-state index contributed by atoms with van der Waals surface area (Å²) >= 11 is 7.69. The van der Waals surface area contributed by atoms with E-state index < -0.39 is 11.9 Å². The Morgan fingerprint density at radius 1 is 1.15 bits per heavy atom.